The maximum Gasteiger partial charge on any atom is 0.307 e. The van der Waals surface area contributed by atoms with E-state index < -0.39 is 0 Å². The monoisotopic (exact) mass is 325 g/mol. The number of carbonyl (C=O) groups excluding carboxylic acids is 2. The minimum atomic E-state index is -0.306. The van der Waals surface area contributed by atoms with Gasteiger partial charge in [0, 0.05) is 16.9 Å². The first kappa shape index (κ1) is 14.1. The third-order valence-electron chi connectivity index (χ3n) is 3.26. The second kappa shape index (κ2) is 6.19. The molecule has 0 bridgehead atoms. The molecule has 1 saturated carbocycles. The SMILES string of the molecule is COC(=O)CCNC(=O)[C@@H]1C[C@@H]1c1cccc(Br)c1. The third-order valence-corrected chi connectivity index (χ3v) is 3.75. The van der Waals surface area contributed by atoms with Crippen molar-refractivity contribution in [3.63, 3.8) is 0 Å². The van der Waals surface area contributed by atoms with E-state index in [1.165, 1.54) is 12.7 Å². The number of amides is 1. The fourth-order valence-corrected chi connectivity index (χ4v) is 2.53. The number of hydrogen-bond acceptors (Lipinski definition) is 3. The van der Waals surface area contributed by atoms with Gasteiger partial charge in [-0.25, -0.2) is 0 Å². The van der Waals surface area contributed by atoms with Crippen molar-refractivity contribution in [2.24, 2.45) is 5.92 Å². The quantitative estimate of drug-likeness (QED) is 0.844. The molecule has 2 atom stereocenters. The minimum absolute atomic E-state index is 0.0221. The molecule has 0 saturated heterocycles. The number of nitrogens with one attached hydrogen (secondary N) is 1. The molecule has 1 N–H and O–H groups in total. The first-order valence-corrected chi connectivity index (χ1v) is 7.01. The maximum atomic E-state index is 11.9. The summed E-state index contributed by atoms with van der Waals surface area (Å²) in [6, 6.07) is 8.03. The highest BCUT2D eigenvalue weighted by atomic mass is 79.9. The Morgan fingerprint density at radius 3 is 2.95 bits per heavy atom. The topological polar surface area (TPSA) is 55.4 Å². The van der Waals surface area contributed by atoms with E-state index >= 15 is 0 Å². The molecule has 4 nitrogen and oxygen atoms in total. The lowest BCUT2D eigenvalue weighted by molar-refractivity contribution is -0.140. The van der Waals surface area contributed by atoms with Crippen molar-refractivity contribution in [2.75, 3.05) is 13.7 Å². The molecule has 1 amide bonds. The number of esters is 1. The van der Waals surface area contributed by atoms with Crippen LogP contribution < -0.4 is 5.32 Å². The third kappa shape index (κ3) is 3.80. The molecule has 0 aliphatic heterocycles. The second-order valence-electron chi connectivity index (χ2n) is 4.62. The Kier molecular flexibility index (Phi) is 4.58. The molecule has 1 fully saturated rings. The van der Waals surface area contributed by atoms with Gasteiger partial charge >= 0.3 is 5.97 Å². The van der Waals surface area contributed by atoms with Crippen LogP contribution in [0.1, 0.15) is 24.3 Å². The Bertz CT molecular complexity index is 489. The Balaban J connectivity index is 1.79. The number of ether oxygens (including phenoxy) is 1. The summed E-state index contributed by atoms with van der Waals surface area (Å²) in [7, 11) is 1.34. The standard InChI is InChI=1S/C14H16BrNO3/c1-19-13(17)5-6-16-14(18)12-8-11(12)9-3-2-4-10(15)7-9/h2-4,7,11-12H,5-6,8H2,1H3,(H,16,18)/t11-,12-/m1/s1. The summed E-state index contributed by atoms with van der Waals surface area (Å²) in [6.07, 6.45) is 1.09. The van der Waals surface area contributed by atoms with Crippen LogP contribution in [0.5, 0.6) is 0 Å². The number of benzene rings is 1. The normalized spacial score (nSPS) is 20.7. The van der Waals surface area contributed by atoms with Crippen LogP contribution in [0, 0.1) is 5.92 Å². The molecule has 0 aromatic heterocycles. The second-order valence-corrected chi connectivity index (χ2v) is 5.54. The van der Waals surface area contributed by atoms with Gasteiger partial charge in [-0.2, -0.15) is 0 Å². The zero-order chi connectivity index (χ0) is 13.8. The highest BCUT2D eigenvalue weighted by Crippen LogP contribution is 2.47. The molecule has 1 aromatic rings. The molecule has 1 aromatic carbocycles. The van der Waals surface area contributed by atoms with E-state index in [4.69, 9.17) is 0 Å². The van der Waals surface area contributed by atoms with Crippen molar-refractivity contribution >= 4 is 27.8 Å². The van der Waals surface area contributed by atoms with E-state index in [9.17, 15) is 9.59 Å². The van der Waals surface area contributed by atoms with Gasteiger partial charge in [-0.05, 0) is 30.0 Å². The summed E-state index contributed by atoms with van der Waals surface area (Å²) in [4.78, 5) is 22.8. The molecule has 19 heavy (non-hydrogen) atoms. The van der Waals surface area contributed by atoms with Crippen molar-refractivity contribution in [1.29, 1.82) is 0 Å². The van der Waals surface area contributed by atoms with Gasteiger partial charge in [0.15, 0.2) is 0 Å². The number of methoxy groups -OCH3 is 1. The Morgan fingerprint density at radius 1 is 1.47 bits per heavy atom. The Hall–Kier alpha value is -1.36. The van der Waals surface area contributed by atoms with Crippen LogP contribution >= 0.6 is 15.9 Å². The molecule has 1 aliphatic carbocycles. The largest absolute Gasteiger partial charge is 0.469 e. The molecular weight excluding hydrogens is 310 g/mol. The zero-order valence-corrected chi connectivity index (χ0v) is 12.3. The lowest BCUT2D eigenvalue weighted by atomic mass is 10.1. The van der Waals surface area contributed by atoms with Crippen molar-refractivity contribution in [2.45, 2.75) is 18.8 Å². The van der Waals surface area contributed by atoms with Gasteiger partial charge in [-0.15, -0.1) is 0 Å². The molecule has 0 heterocycles. The van der Waals surface area contributed by atoms with Crippen LogP contribution in [0.2, 0.25) is 0 Å². The summed E-state index contributed by atoms with van der Waals surface area (Å²) in [6.45, 7) is 0.340. The molecule has 5 heteroatoms. The van der Waals surface area contributed by atoms with E-state index in [1.807, 2.05) is 24.3 Å². The lowest BCUT2D eigenvalue weighted by Crippen LogP contribution is -2.28. The fraction of sp³-hybridized carbons (Fsp3) is 0.429. The van der Waals surface area contributed by atoms with Crippen LogP contribution in [0.25, 0.3) is 0 Å². The van der Waals surface area contributed by atoms with Gasteiger partial charge in [0.2, 0.25) is 5.91 Å². The van der Waals surface area contributed by atoms with E-state index in [0.717, 1.165) is 10.9 Å². The minimum Gasteiger partial charge on any atom is -0.469 e. The molecule has 0 radical (unpaired) electrons. The van der Waals surface area contributed by atoms with E-state index in [2.05, 4.69) is 26.0 Å². The average Bonchev–Trinajstić information content (AvgIpc) is 3.18. The van der Waals surface area contributed by atoms with Crippen molar-refractivity contribution in [3.8, 4) is 0 Å². The zero-order valence-electron chi connectivity index (χ0n) is 10.7. The first-order valence-electron chi connectivity index (χ1n) is 6.22. The van der Waals surface area contributed by atoms with E-state index in [0.29, 0.717) is 12.5 Å². The Morgan fingerprint density at radius 2 is 2.26 bits per heavy atom. The summed E-state index contributed by atoms with van der Waals surface area (Å²) >= 11 is 3.43. The van der Waals surface area contributed by atoms with Crippen LogP contribution in [0.4, 0.5) is 0 Å². The molecule has 102 valence electrons. The Labute approximate surface area is 120 Å². The summed E-state index contributed by atoms with van der Waals surface area (Å²) in [5.41, 5.74) is 1.18. The van der Waals surface area contributed by atoms with E-state index in [1.54, 1.807) is 0 Å². The van der Waals surface area contributed by atoms with Gasteiger partial charge in [-0.3, -0.25) is 9.59 Å². The van der Waals surface area contributed by atoms with Crippen LogP contribution in [0.15, 0.2) is 28.7 Å². The van der Waals surface area contributed by atoms with Crippen LogP contribution in [-0.2, 0) is 14.3 Å². The number of hydrogen-bond donors (Lipinski definition) is 1. The van der Waals surface area contributed by atoms with Crippen molar-refractivity contribution in [3.05, 3.63) is 34.3 Å². The van der Waals surface area contributed by atoms with Gasteiger partial charge in [0.25, 0.3) is 0 Å². The molecule has 0 spiro atoms. The average molecular weight is 326 g/mol. The predicted molar refractivity (Wildman–Crippen MR) is 74.6 cm³/mol. The fourth-order valence-electron chi connectivity index (χ4n) is 2.11. The van der Waals surface area contributed by atoms with Gasteiger partial charge in [0.05, 0.1) is 13.5 Å². The van der Waals surface area contributed by atoms with E-state index in [-0.39, 0.29) is 24.2 Å². The van der Waals surface area contributed by atoms with Crippen molar-refractivity contribution < 1.29 is 14.3 Å². The first-order chi connectivity index (χ1) is 9.11. The number of carbonyl (C=O) groups is 2. The van der Waals surface area contributed by atoms with Gasteiger partial charge in [-0.1, -0.05) is 28.1 Å². The molecule has 1 aliphatic rings. The van der Waals surface area contributed by atoms with Crippen LogP contribution in [0.3, 0.4) is 0 Å². The smallest absolute Gasteiger partial charge is 0.307 e. The van der Waals surface area contributed by atoms with Crippen molar-refractivity contribution in [1.82, 2.24) is 5.32 Å². The molecule has 0 unspecified atom stereocenters. The summed E-state index contributed by atoms with van der Waals surface area (Å²) in [5, 5.41) is 2.77. The maximum absolute atomic E-state index is 11.9. The lowest BCUT2D eigenvalue weighted by Gasteiger charge is -2.04. The molecule has 2 rings (SSSR count). The van der Waals surface area contributed by atoms with Gasteiger partial charge < -0.3 is 10.1 Å². The number of rotatable bonds is 5. The van der Waals surface area contributed by atoms with Crippen LogP contribution in [-0.4, -0.2) is 25.5 Å². The predicted octanol–water partition coefficient (Wildman–Crippen LogP) is 2.23. The molecular formula is C14H16BrNO3. The number of halogens is 1. The highest BCUT2D eigenvalue weighted by Gasteiger charge is 2.43. The van der Waals surface area contributed by atoms with Gasteiger partial charge in [0.1, 0.15) is 0 Å². The summed E-state index contributed by atoms with van der Waals surface area (Å²) < 4.78 is 5.55. The highest BCUT2D eigenvalue weighted by molar-refractivity contribution is 9.10. The summed E-state index contributed by atoms with van der Waals surface area (Å²) in [5.74, 6) is 0.0519.